The van der Waals surface area contributed by atoms with Gasteiger partial charge < -0.3 is 24.4 Å². The predicted molar refractivity (Wildman–Crippen MR) is 90.3 cm³/mol. The summed E-state index contributed by atoms with van der Waals surface area (Å²) in [5.41, 5.74) is 0. The second-order valence-corrected chi connectivity index (χ2v) is 6.10. The van der Waals surface area contributed by atoms with Gasteiger partial charge in [-0.15, -0.1) is 0 Å². The summed E-state index contributed by atoms with van der Waals surface area (Å²) in [6.07, 6.45) is 5.38. The summed E-state index contributed by atoms with van der Waals surface area (Å²) in [6.45, 7) is 4.81. The van der Waals surface area contributed by atoms with E-state index in [0.29, 0.717) is 19.6 Å². The quantitative estimate of drug-likeness (QED) is 0.258. The highest BCUT2D eigenvalue weighted by molar-refractivity contribution is 5.81. The van der Waals surface area contributed by atoms with Crippen molar-refractivity contribution in [2.24, 2.45) is 11.8 Å². The molecule has 6 nitrogen and oxygen atoms in total. The fraction of sp³-hybridized carbons (Fsp3) is 0.833. The van der Waals surface area contributed by atoms with Crippen molar-refractivity contribution in [1.29, 1.82) is 0 Å². The minimum Gasteiger partial charge on any atom is -0.466 e. The van der Waals surface area contributed by atoms with Crippen molar-refractivity contribution < 1.29 is 29.2 Å². The van der Waals surface area contributed by atoms with E-state index in [4.69, 9.17) is 9.47 Å². The molecule has 0 radical (unpaired) electrons. The highest BCUT2D eigenvalue weighted by atomic mass is 16.7. The zero-order valence-electron chi connectivity index (χ0n) is 15.0. The zero-order chi connectivity index (χ0) is 17.9. The maximum atomic E-state index is 11.0. The third-order valence-electron chi connectivity index (χ3n) is 4.51. The van der Waals surface area contributed by atoms with Crippen LogP contribution in [0.2, 0.25) is 0 Å². The van der Waals surface area contributed by atoms with Crippen molar-refractivity contribution in [3.63, 3.8) is 0 Å². The van der Waals surface area contributed by atoms with E-state index in [1.807, 2.05) is 13.8 Å². The number of ether oxygens (including phenoxy) is 3. The van der Waals surface area contributed by atoms with E-state index in [1.165, 1.54) is 13.2 Å². The Bertz CT molecular complexity index is 378. The van der Waals surface area contributed by atoms with Crippen LogP contribution in [0, 0.1) is 11.8 Å². The van der Waals surface area contributed by atoms with Crippen molar-refractivity contribution >= 4 is 5.97 Å². The molecule has 2 N–H and O–H groups in total. The number of rotatable bonds is 11. The van der Waals surface area contributed by atoms with Gasteiger partial charge in [-0.1, -0.05) is 12.5 Å². The molecule has 0 spiro atoms. The van der Waals surface area contributed by atoms with Crippen molar-refractivity contribution in [3.8, 4) is 0 Å². The molecule has 0 heterocycles. The molecule has 1 aliphatic carbocycles. The van der Waals surface area contributed by atoms with Crippen LogP contribution in [0.5, 0.6) is 0 Å². The molecule has 0 saturated heterocycles. The predicted octanol–water partition coefficient (Wildman–Crippen LogP) is 2.03. The Labute approximate surface area is 144 Å². The van der Waals surface area contributed by atoms with E-state index in [0.717, 1.165) is 25.7 Å². The van der Waals surface area contributed by atoms with Gasteiger partial charge in [0.1, 0.15) is 0 Å². The number of unbranched alkanes of at least 4 members (excludes halogenated alkanes) is 2. The minimum absolute atomic E-state index is 0.0345. The van der Waals surface area contributed by atoms with Crippen molar-refractivity contribution in [3.05, 3.63) is 12.2 Å². The highest BCUT2D eigenvalue weighted by Gasteiger charge is 2.46. The average molecular weight is 344 g/mol. The highest BCUT2D eigenvalue weighted by Crippen LogP contribution is 2.39. The monoisotopic (exact) mass is 344 g/mol. The molecule has 0 aromatic rings. The molecule has 0 bridgehead atoms. The molecule has 1 fully saturated rings. The van der Waals surface area contributed by atoms with Crippen LogP contribution in [0.25, 0.3) is 0 Å². The van der Waals surface area contributed by atoms with Gasteiger partial charge in [0, 0.05) is 25.2 Å². The third kappa shape index (κ3) is 6.51. The van der Waals surface area contributed by atoms with Crippen LogP contribution >= 0.6 is 0 Å². The SMILES string of the molecule is CCOC(OCC)[C@@H]1[C@@H](CCCCC=CC(=O)OC)[C@@H](O)C[C@H]1O. The molecular formula is C18H32O6. The summed E-state index contributed by atoms with van der Waals surface area (Å²) in [5, 5.41) is 20.6. The van der Waals surface area contributed by atoms with Gasteiger partial charge in [-0.2, -0.15) is 0 Å². The zero-order valence-corrected chi connectivity index (χ0v) is 15.0. The molecule has 0 aromatic heterocycles. The smallest absolute Gasteiger partial charge is 0.330 e. The van der Waals surface area contributed by atoms with Gasteiger partial charge >= 0.3 is 5.97 Å². The summed E-state index contributed by atoms with van der Waals surface area (Å²) < 4.78 is 15.8. The Hall–Kier alpha value is -0.950. The summed E-state index contributed by atoms with van der Waals surface area (Å²) in [7, 11) is 1.35. The number of carbonyl (C=O) groups is 1. The Morgan fingerprint density at radius 1 is 1.17 bits per heavy atom. The molecule has 0 amide bonds. The minimum atomic E-state index is -0.604. The lowest BCUT2D eigenvalue weighted by molar-refractivity contribution is -0.191. The summed E-state index contributed by atoms with van der Waals surface area (Å²) in [6, 6.07) is 0. The van der Waals surface area contributed by atoms with Crippen LogP contribution in [0.1, 0.15) is 46.0 Å². The summed E-state index contributed by atoms with van der Waals surface area (Å²) >= 11 is 0. The summed E-state index contributed by atoms with van der Waals surface area (Å²) in [5.74, 6) is -0.584. The second kappa shape index (κ2) is 11.6. The van der Waals surface area contributed by atoms with Crippen LogP contribution in [0.3, 0.4) is 0 Å². The van der Waals surface area contributed by atoms with Crippen molar-refractivity contribution in [2.75, 3.05) is 20.3 Å². The number of aliphatic hydroxyl groups is 2. The van der Waals surface area contributed by atoms with Crippen LogP contribution in [-0.2, 0) is 19.0 Å². The molecule has 1 rings (SSSR count). The molecular weight excluding hydrogens is 312 g/mol. The van der Waals surface area contributed by atoms with E-state index in [9.17, 15) is 15.0 Å². The van der Waals surface area contributed by atoms with Gasteiger partial charge in [0.05, 0.1) is 19.3 Å². The first-order chi connectivity index (χ1) is 11.5. The Balaban J connectivity index is 2.50. The van der Waals surface area contributed by atoms with Gasteiger partial charge in [-0.25, -0.2) is 4.79 Å². The van der Waals surface area contributed by atoms with E-state index in [1.54, 1.807) is 6.08 Å². The first kappa shape index (κ1) is 21.1. The molecule has 1 aliphatic rings. The second-order valence-electron chi connectivity index (χ2n) is 6.10. The standard InChI is InChI=1S/C18H32O6/c1-4-23-18(24-5-2)17-13(14(19)12-15(17)20)10-8-6-7-9-11-16(21)22-3/h9,11,13-15,17-20H,4-8,10,12H2,1-3H3/t13-,14-,15+,17+/m0/s1. The van der Waals surface area contributed by atoms with Crippen molar-refractivity contribution in [2.45, 2.75) is 64.4 Å². The Morgan fingerprint density at radius 2 is 1.83 bits per heavy atom. The maximum Gasteiger partial charge on any atom is 0.330 e. The van der Waals surface area contributed by atoms with Crippen LogP contribution < -0.4 is 0 Å². The number of methoxy groups -OCH3 is 1. The summed E-state index contributed by atoms with van der Waals surface area (Å²) in [4.78, 5) is 11.0. The average Bonchev–Trinajstić information content (AvgIpc) is 2.83. The number of allylic oxidation sites excluding steroid dienone is 1. The molecule has 4 atom stereocenters. The normalized spacial score (nSPS) is 27.2. The fourth-order valence-electron chi connectivity index (χ4n) is 3.38. The molecule has 0 aliphatic heterocycles. The lowest BCUT2D eigenvalue weighted by Gasteiger charge is -2.30. The van der Waals surface area contributed by atoms with Crippen LogP contribution in [0.15, 0.2) is 12.2 Å². The van der Waals surface area contributed by atoms with Crippen LogP contribution in [-0.4, -0.2) is 55.0 Å². The fourth-order valence-corrected chi connectivity index (χ4v) is 3.38. The number of aliphatic hydroxyl groups excluding tert-OH is 2. The van der Waals surface area contributed by atoms with E-state index >= 15 is 0 Å². The third-order valence-corrected chi connectivity index (χ3v) is 4.51. The lowest BCUT2D eigenvalue weighted by Crippen LogP contribution is -2.37. The maximum absolute atomic E-state index is 11.0. The van der Waals surface area contributed by atoms with Gasteiger partial charge in [0.15, 0.2) is 6.29 Å². The Morgan fingerprint density at radius 3 is 2.42 bits per heavy atom. The lowest BCUT2D eigenvalue weighted by atomic mass is 9.88. The van der Waals surface area contributed by atoms with Gasteiger partial charge in [0.25, 0.3) is 0 Å². The molecule has 24 heavy (non-hydrogen) atoms. The molecule has 6 heteroatoms. The van der Waals surface area contributed by atoms with Crippen LogP contribution in [0.4, 0.5) is 0 Å². The molecule has 0 aromatic carbocycles. The first-order valence-corrected chi connectivity index (χ1v) is 8.88. The van der Waals surface area contributed by atoms with Gasteiger partial charge in [-0.05, 0) is 45.4 Å². The van der Waals surface area contributed by atoms with E-state index in [2.05, 4.69) is 4.74 Å². The van der Waals surface area contributed by atoms with E-state index < -0.39 is 18.5 Å². The largest absolute Gasteiger partial charge is 0.466 e. The number of carbonyl (C=O) groups excluding carboxylic acids is 1. The molecule has 1 saturated carbocycles. The van der Waals surface area contributed by atoms with E-state index in [-0.39, 0.29) is 17.8 Å². The topological polar surface area (TPSA) is 85.2 Å². The van der Waals surface area contributed by atoms with Gasteiger partial charge in [0.2, 0.25) is 0 Å². The van der Waals surface area contributed by atoms with Crippen molar-refractivity contribution in [1.82, 2.24) is 0 Å². The first-order valence-electron chi connectivity index (χ1n) is 8.88. The number of hydrogen-bond donors (Lipinski definition) is 2. The number of esters is 1. The molecule has 140 valence electrons. The Kier molecular flexibility index (Phi) is 10.2. The van der Waals surface area contributed by atoms with Gasteiger partial charge in [-0.3, -0.25) is 0 Å². The molecule has 0 unspecified atom stereocenters. The number of hydrogen-bond acceptors (Lipinski definition) is 6.